The summed E-state index contributed by atoms with van der Waals surface area (Å²) in [6.45, 7) is 0.0776. The Morgan fingerprint density at radius 1 is 1.53 bits per heavy atom. The van der Waals surface area contributed by atoms with E-state index in [1.54, 1.807) is 12.1 Å². The van der Waals surface area contributed by atoms with Gasteiger partial charge in [0.15, 0.2) is 0 Å². The van der Waals surface area contributed by atoms with Gasteiger partial charge in [-0.15, -0.1) is 0 Å². The van der Waals surface area contributed by atoms with Gasteiger partial charge >= 0.3 is 0 Å². The highest BCUT2D eigenvalue weighted by molar-refractivity contribution is 5.93. The normalized spacial score (nSPS) is 11.4. The number of aromatic nitrogens is 2. The highest BCUT2D eigenvalue weighted by Gasteiger charge is 2.09. The average Bonchev–Trinajstić information content (AvgIpc) is 2.33. The van der Waals surface area contributed by atoms with Crippen LogP contribution in [0.25, 0.3) is 11.0 Å². The molecule has 88 valence electrons. The standard InChI is InChI=1S/C11H11N3O3/c15-5-4-12-6-8-9(16)7-2-1-3-13-10(7)14-11(8)17/h1-3,6,15H,4-5H2,(H2,13,14,16,17). The number of rotatable bonds is 3. The van der Waals surface area contributed by atoms with Crippen molar-refractivity contribution in [3.05, 3.63) is 34.2 Å². The largest absolute Gasteiger partial charge is 0.506 e. The third-order valence-corrected chi connectivity index (χ3v) is 2.24. The molecule has 0 saturated heterocycles. The van der Waals surface area contributed by atoms with Gasteiger partial charge < -0.3 is 15.2 Å². The Kier molecular flexibility index (Phi) is 3.15. The van der Waals surface area contributed by atoms with E-state index in [4.69, 9.17) is 5.11 Å². The maximum absolute atomic E-state index is 11.6. The predicted octanol–water partition coefficient (Wildman–Crippen LogP) is 0.0399. The first-order valence-corrected chi connectivity index (χ1v) is 5.04. The van der Waals surface area contributed by atoms with Crippen LogP contribution in [0.15, 0.2) is 28.1 Å². The van der Waals surface area contributed by atoms with Gasteiger partial charge in [-0.1, -0.05) is 0 Å². The molecule has 0 aliphatic carbocycles. The molecule has 0 atom stereocenters. The highest BCUT2D eigenvalue weighted by atomic mass is 16.3. The summed E-state index contributed by atoms with van der Waals surface area (Å²) >= 11 is 0. The van der Waals surface area contributed by atoms with E-state index in [0.29, 0.717) is 11.0 Å². The number of nitrogens with zero attached hydrogens (tertiary/aromatic N) is 2. The van der Waals surface area contributed by atoms with Crippen molar-refractivity contribution < 1.29 is 10.2 Å². The number of nitrogens with one attached hydrogen (secondary N) is 1. The smallest absolute Gasteiger partial charge is 0.262 e. The molecule has 2 heterocycles. The summed E-state index contributed by atoms with van der Waals surface area (Å²) in [5, 5.41) is 19.0. The van der Waals surface area contributed by atoms with E-state index in [0.717, 1.165) is 0 Å². The van der Waals surface area contributed by atoms with E-state index in [9.17, 15) is 9.90 Å². The molecule has 0 aromatic carbocycles. The fourth-order valence-electron chi connectivity index (χ4n) is 1.46. The van der Waals surface area contributed by atoms with Gasteiger partial charge in [-0.3, -0.25) is 9.79 Å². The van der Waals surface area contributed by atoms with Crippen molar-refractivity contribution in [2.45, 2.75) is 0 Å². The molecule has 17 heavy (non-hydrogen) atoms. The Hall–Kier alpha value is -2.21. The molecule has 0 aliphatic rings. The van der Waals surface area contributed by atoms with Crippen molar-refractivity contribution in [1.82, 2.24) is 9.97 Å². The molecule has 0 radical (unpaired) electrons. The van der Waals surface area contributed by atoms with Crippen LogP contribution in [0.4, 0.5) is 0 Å². The number of H-pyrrole nitrogens is 1. The lowest BCUT2D eigenvalue weighted by molar-refractivity contribution is 0.307. The Labute approximate surface area is 96.3 Å². The summed E-state index contributed by atoms with van der Waals surface area (Å²) in [6.07, 6.45) is 2.77. The number of aliphatic hydroxyl groups is 1. The van der Waals surface area contributed by atoms with Crippen LogP contribution in [0, 0.1) is 0 Å². The summed E-state index contributed by atoms with van der Waals surface area (Å²) in [5.41, 5.74) is -0.0661. The summed E-state index contributed by atoms with van der Waals surface area (Å²) < 4.78 is 0. The second-order valence-corrected chi connectivity index (χ2v) is 3.37. The minimum atomic E-state index is -0.463. The van der Waals surface area contributed by atoms with E-state index in [1.807, 2.05) is 0 Å². The van der Waals surface area contributed by atoms with Crippen molar-refractivity contribution in [2.75, 3.05) is 13.2 Å². The van der Waals surface area contributed by atoms with Crippen LogP contribution in [0.3, 0.4) is 0 Å². The third-order valence-electron chi connectivity index (χ3n) is 2.24. The first-order valence-electron chi connectivity index (χ1n) is 5.04. The Balaban J connectivity index is 2.60. The molecule has 6 nitrogen and oxygen atoms in total. The summed E-state index contributed by atoms with van der Waals surface area (Å²) in [6, 6.07) is 3.31. The fraction of sp³-hybridized carbons (Fsp3) is 0.182. The molecule has 2 aromatic heterocycles. The molecular formula is C11H11N3O3. The molecule has 0 spiro atoms. The molecule has 6 heteroatoms. The molecule has 0 bridgehead atoms. The third kappa shape index (κ3) is 2.16. The van der Waals surface area contributed by atoms with E-state index >= 15 is 0 Å². The molecule has 3 N–H and O–H groups in total. The van der Waals surface area contributed by atoms with Crippen LogP contribution < -0.4 is 5.56 Å². The van der Waals surface area contributed by atoms with Gasteiger partial charge in [0.2, 0.25) is 0 Å². The molecular weight excluding hydrogens is 222 g/mol. The van der Waals surface area contributed by atoms with Gasteiger partial charge in [0.05, 0.1) is 18.5 Å². The van der Waals surface area contributed by atoms with Crippen LogP contribution in [-0.2, 0) is 0 Å². The summed E-state index contributed by atoms with van der Waals surface area (Å²) in [7, 11) is 0. The second-order valence-electron chi connectivity index (χ2n) is 3.37. The molecule has 0 unspecified atom stereocenters. The molecule has 2 aromatic rings. The van der Waals surface area contributed by atoms with E-state index < -0.39 is 5.56 Å². The Morgan fingerprint density at radius 2 is 2.35 bits per heavy atom. The summed E-state index contributed by atoms with van der Waals surface area (Å²) in [5.74, 6) is -0.154. The van der Waals surface area contributed by atoms with Crippen molar-refractivity contribution >= 4 is 17.2 Å². The SMILES string of the molecule is O=c1[nH]c2ncccc2c(O)c1C=NCCO. The van der Waals surface area contributed by atoms with Gasteiger partial charge in [0.25, 0.3) is 5.56 Å². The number of aromatic hydroxyl groups is 1. The van der Waals surface area contributed by atoms with Crippen molar-refractivity contribution in [3.8, 4) is 5.75 Å². The first-order chi connectivity index (χ1) is 8.24. The van der Waals surface area contributed by atoms with Crippen LogP contribution in [0.5, 0.6) is 5.75 Å². The molecule has 0 saturated carbocycles. The van der Waals surface area contributed by atoms with Gasteiger partial charge in [0, 0.05) is 12.4 Å². The van der Waals surface area contributed by atoms with Gasteiger partial charge in [-0.05, 0) is 12.1 Å². The van der Waals surface area contributed by atoms with Gasteiger partial charge in [-0.2, -0.15) is 0 Å². The van der Waals surface area contributed by atoms with Crippen molar-refractivity contribution in [2.24, 2.45) is 4.99 Å². The van der Waals surface area contributed by atoms with Crippen molar-refractivity contribution in [1.29, 1.82) is 0 Å². The fourth-order valence-corrected chi connectivity index (χ4v) is 1.46. The Morgan fingerprint density at radius 3 is 3.12 bits per heavy atom. The minimum absolute atomic E-state index is 0.0685. The molecule has 0 aliphatic heterocycles. The maximum atomic E-state index is 11.6. The lowest BCUT2D eigenvalue weighted by Crippen LogP contribution is -2.13. The van der Waals surface area contributed by atoms with Crippen LogP contribution in [0.2, 0.25) is 0 Å². The monoisotopic (exact) mass is 233 g/mol. The number of aliphatic imine (C=N–C) groups is 1. The number of pyridine rings is 2. The lowest BCUT2D eigenvalue weighted by Gasteiger charge is -2.02. The number of aliphatic hydroxyl groups excluding tert-OH is 1. The zero-order valence-electron chi connectivity index (χ0n) is 8.92. The number of aromatic amines is 1. The van der Waals surface area contributed by atoms with Crippen LogP contribution in [0.1, 0.15) is 5.56 Å². The van der Waals surface area contributed by atoms with Gasteiger partial charge in [0.1, 0.15) is 17.0 Å². The van der Waals surface area contributed by atoms with Gasteiger partial charge in [-0.25, -0.2) is 4.98 Å². The second kappa shape index (κ2) is 4.75. The predicted molar refractivity (Wildman–Crippen MR) is 63.6 cm³/mol. The minimum Gasteiger partial charge on any atom is -0.506 e. The molecule has 0 fully saturated rings. The zero-order valence-corrected chi connectivity index (χ0v) is 8.92. The van der Waals surface area contributed by atoms with E-state index in [2.05, 4.69) is 15.0 Å². The quantitative estimate of drug-likeness (QED) is 0.652. The average molecular weight is 233 g/mol. The Bertz CT molecular complexity index is 619. The zero-order chi connectivity index (χ0) is 12.3. The number of hydrogen-bond acceptors (Lipinski definition) is 5. The van der Waals surface area contributed by atoms with E-state index in [-0.39, 0.29) is 24.5 Å². The molecule has 0 amide bonds. The highest BCUT2D eigenvalue weighted by Crippen LogP contribution is 2.21. The number of fused-ring (bicyclic) bond motifs is 1. The van der Waals surface area contributed by atoms with Crippen LogP contribution in [-0.4, -0.2) is 39.5 Å². The topological polar surface area (TPSA) is 98.6 Å². The van der Waals surface area contributed by atoms with E-state index in [1.165, 1.54) is 12.4 Å². The van der Waals surface area contributed by atoms with Crippen LogP contribution >= 0.6 is 0 Å². The molecule has 2 rings (SSSR count). The lowest BCUT2D eigenvalue weighted by atomic mass is 10.2. The first kappa shape index (κ1) is 11.3. The summed E-state index contributed by atoms with van der Waals surface area (Å²) in [4.78, 5) is 21.9. The number of hydrogen-bond donors (Lipinski definition) is 3. The maximum Gasteiger partial charge on any atom is 0.262 e. The van der Waals surface area contributed by atoms with Crippen molar-refractivity contribution in [3.63, 3.8) is 0 Å².